The van der Waals surface area contributed by atoms with Gasteiger partial charge in [-0.1, -0.05) is 12.1 Å². The minimum absolute atomic E-state index is 0.120. The molecule has 0 aliphatic carbocycles. The van der Waals surface area contributed by atoms with Crippen molar-refractivity contribution in [2.75, 3.05) is 6.61 Å². The van der Waals surface area contributed by atoms with Crippen molar-refractivity contribution >= 4 is 0 Å². The molecule has 0 bridgehead atoms. The zero-order valence-electron chi connectivity index (χ0n) is 14.9. The molecule has 0 amide bonds. The van der Waals surface area contributed by atoms with Gasteiger partial charge in [0.1, 0.15) is 18.2 Å². The first-order valence-electron chi connectivity index (χ1n) is 8.70. The number of halogens is 3. The molecule has 0 saturated heterocycles. The summed E-state index contributed by atoms with van der Waals surface area (Å²) in [6, 6.07) is 8.82. The topological polar surface area (TPSA) is 73.6 Å². The fourth-order valence-electron chi connectivity index (χ4n) is 3.11. The molecule has 0 spiro atoms. The third kappa shape index (κ3) is 3.81. The minimum Gasteiger partial charge on any atom is -0.490 e. The summed E-state index contributed by atoms with van der Waals surface area (Å²) in [6.45, 7) is 0.162. The molecule has 9 heteroatoms. The number of aromatic nitrogens is 2. The number of ether oxygens (including phenoxy) is 2. The van der Waals surface area contributed by atoms with Crippen LogP contribution in [0.5, 0.6) is 11.8 Å². The zero-order chi connectivity index (χ0) is 20.5. The molecule has 150 valence electrons. The Labute approximate surface area is 162 Å². The van der Waals surface area contributed by atoms with Gasteiger partial charge >= 0.3 is 6.01 Å². The molecule has 1 atom stereocenters. The summed E-state index contributed by atoms with van der Waals surface area (Å²) in [5.74, 6) is -2.81. The summed E-state index contributed by atoms with van der Waals surface area (Å²) in [4.78, 5) is 15.2. The Morgan fingerprint density at radius 2 is 1.93 bits per heavy atom. The van der Waals surface area contributed by atoms with Crippen LogP contribution in [0.2, 0.25) is 0 Å². The lowest BCUT2D eigenvalue weighted by molar-refractivity contribution is 0.143. The number of hydrogen-bond acceptors (Lipinski definition) is 5. The van der Waals surface area contributed by atoms with E-state index < -0.39 is 29.1 Å². The van der Waals surface area contributed by atoms with Crippen molar-refractivity contribution < 1.29 is 27.8 Å². The summed E-state index contributed by atoms with van der Waals surface area (Å²) in [6.07, 6.45) is -0.427. The van der Waals surface area contributed by atoms with Crippen LogP contribution in [0.25, 0.3) is 11.1 Å². The maximum absolute atomic E-state index is 13.9. The van der Waals surface area contributed by atoms with Crippen LogP contribution in [0.1, 0.15) is 5.69 Å². The number of nitrogens with zero attached hydrogens (tertiary/aromatic N) is 2. The van der Waals surface area contributed by atoms with Crippen molar-refractivity contribution in [2.24, 2.45) is 0 Å². The van der Waals surface area contributed by atoms with Crippen LogP contribution < -0.4 is 15.0 Å². The summed E-state index contributed by atoms with van der Waals surface area (Å²) in [5.41, 5.74) is 0.0128. The maximum atomic E-state index is 13.9. The second kappa shape index (κ2) is 7.59. The molecule has 0 fully saturated rings. The molecule has 2 aromatic carbocycles. The lowest BCUT2D eigenvalue weighted by Gasteiger charge is -2.12. The van der Waals surface area contributed by atoms with Gasteiger partial charge in [0.2, 0.25) is 0 Å². The largest absolute Gasteiger partial charge is 0.490 e. The average Bonchev–Trinajstić information content (AvgIpc) is 3.11. The molecule has 6 nitrogen and oxygen atoms in total. The second-order valence-corrected chi connectivity index (χ2v) is 6.46. The van der Waals surface area contributed by atoms with E-state index in [9.17, 15) is 23.1 Å². The molecule has 29 heavy (non-hydrogen) atoms. The highest BCUT2D eigenvalue weighted by atomic mass is 19.2. The second-order valence-electron chi connectivity index (χ2n) is 6.46. The Hall–Kier alpha value is -3.33. The quantitative estimate of drug-likeness (QED) is 0.662. The van der Waals surface area contributed by atoms with Crippen LogP contribution in [0.15, 0.2) is 47.3 Å². The van der Waals surface area contributed by atoms with Gasteiger partial charge in [0.05, 0.1) is 18.8 Å². The first-order chi connectivity index (χ1) is 13.9. The van der Waals surface area contributed by atoms with E-state index in [-0.39, 0.29) is 24.8 Å². The zero-order valence-corrected chi connectivity index (χ0v) is 14.9. The lowest BCUT2D eigenvalue weighted by Crippen LogP contribution is -2.23. The van der Waals surface area contributed by atoms with E-state index in [1.165, 1.54) is 18.2 Å². The van der Waals surface area contributed by atoms with Crippen molar-refractivity contribution in [1.82, 2.24) is 9.55 Å². The molecule has 1 aliphatic rings. The van der Waals surface area contributed by atoms with Crippen molar-refractivity contribution in [2.45, 2.75) is 19.3 Å². The van der Waals surface area contributed by atoms with Gasteiger partial charge in [0.15, 0.2) is 17.7 Å². The molecule has 0 saturated carbocycles. The summed E-state index contributed by atoms with van der Waals surface area (Å²) < 4.78 is 53.5. The highest BCUT2D eigenvalue weighted by molar-refractivity contribution is 5.65. The Morgan fingerprint density at radius 3 is 2.66 bits per heavy atom. The van der Waals surface area contributed by atoms with Gasteiger partial charge in [-0.15, -0.1) is 0 Å². The fraction of sp³-hybridized carbons (Fsp3) is 0.200. The molecule has 1 unspecified atom stereocenters. The van der Waals surface area contributed by atoms with Gasteiger partial charge in [-0.2, -0.15) is 4.98 Å². The molecule has 1 N–H and O–H groups in total. The van der Waals surface area contributed by atoms with Crippen LogP contribution in [0.4, 0.5) is 13.2 Å². The number of hydrogen-bond donors (Lipinski definition) is 1. The van der Waals surface area contributed by atoms with Crippen LogP contribution >= 0.6 is 0 Å². The van der Waals surface area contributed by atoms with Crippen molar-refractivity contribution in [3.63, 3.8) is 0 Å². The molecule has 2 heterocycles. The smallest absolute Gasteiger partial charge is 0.300 e. The van der Waals surface area contributed by atoms with Gasteiger partial charge in [-0.05, 0) is 23.8 Å². The van der Waals surface area contributed by atoms with E-state index in [1.807, 2.05) is 0 Å². The van der Waals surface area contributed by atoms with Gasteiger partial charge < -0.3 is 14.6 Å². The van der Waals surface area contributed by atoms with Gasteiger partial charge in [-0.3, -0.25) is 9.36 Å². The summed E-state index contributed by atoms with van der Waals surface area (Å²) in [7, 11) is 0. The highest BCUT2D eigenvalue weighted by Crippen LogP contribution is 2.28. The summed E-state index contributed by atoms with van der Waals surface area (Å²) in [5, 5.41) is 9.35. The molecule has 3 aromatic rings. The normalized spacial score (nSPS) is 15.1. The van der Waals surface area contributed by atoms with E-state index in [0.29, 0.717) is 29.6 Å². The van der Waals surface area contributed by atoms with E-state index in [4.69, 9.17) is 9.47 Å². The third-order valence-electron chi connectivity index (χ3n) is 4.49. The number of rotatable bonds is 5. The standard InChI is InChI=1S/C20H15F3N2O4/c21-12-5-16(19(23)17(22)6-12)11-1-3-14(4-2-11)28-10-15-8-25-13(9-26)7-18(27)24-20(25)29-15/h1-7,15,26H,8-10H2. The van der Waals surface area contributed by atoms with Crippen LogP contribution in [-0.4, -0.2) is 27.4 Å². The van der Waals surface area contributed by atoms with Crippen molar-refractivity contribution in [1.29, 1.82) is 0 Å². The van der Waals surface area contributed by atoms with E-state index in [1.54, 1.807) is 16.7 Å². The minimum atomic E-state index is -1.26. The molecule has 4 rings (SSSR count). The number of aliphatic hydroxyl groups is 1. The Balaban J connectivity index is 1.44. The first kappa shape index (κ1) is 19.0. The number of fused-ring (bicyclic) bond motifs is 1. The predicted molar refractivity (Wildman–Crippen MR) is 96.1 cm³/mol. The maximum Gasteiger partial charge on any atom is 0.300 e. The van der Waals surface area contributed by atoms with Crippen LogP contribution in [-0.2, 0) is 13.2 Å². The molecule has 1 aliphatic heterocycles. The predicted octanol–water partition coefficient (Wildman–Crippen LogP) is 2.66. The monoisotopic (exact) mass is 404 g/mol. The SMILES string of the molecule is O=c1cc(CO)n2c(n1)OC(COc1ccc(-c3cc(F)cc(F)c3F)cc1)C2. The van der Waals surface area contributed by atoms with E-state index >= 15 is 0 Å². The third-order valence-corrected chi connectivity index (χ3v) is 4.49. The molecule has 0 radical (unpaired) electrons. The Kier molecular flexibility index (Phi) is 4.98. The lowest BCUT2D eigenvalue weighted by atomic mass is 10.0. The number of benzene rings is 2. The number of aliphatic hydroxyl groups excluding tert-OH is 1. The van der Waals surface area contributed by atoms with Gasteiger partial charge in [-0.25, -0.2) is 13.2 Å². The fourth-order valence-corrected chi connectivity index (χ4v) is 3.11. The average molecular weight is 404 g/mol. The van der Waals surface area contributed by atoms with Crippen molar-refractivity contribution in [3.05, 3.63) is 76.0 Å². The molecular formula is C20H15F3N2O4. The Bertz CT molecular complexity index is 1120. The van der Waals surface area contributed by atoms with Crippen LogP contribution in [0.3, 0.4) is 0 Å². The molecular weight excluding hydrogens is 389 g/mol. The molecule has 1 aromatic heterocycles. The van der Waals surface area contributed by atoms with Gasteiger partial charge in [0.25, 0.3) is 5.56 Å². The van der Waals surface area contributed by atoms with E-state index in [0.717, 1.165) is 6.07 Å². The highest BCUT2D eigenvalue weighted by Gasteiger charge is 2.26. The van der Waals surface area contributed by atoms with Gasteiger partial charge in [0, 0.05) is 17.7 Å². The van der Waals surface area contributed by atoms with Crippen LogP contribution in [0, 0.1) is 17.5 Å². The summed E-state index contributed by atoms with van der Waals surface area (Å²) >= 11 is 0. The first-order valence-corrected chi connectivity index (χ1v) is 8.70. The Morgan fingerprint density at radius 1 is 1.17 bits per heavy atom. The van der Waals surface area contributed by atoms with Crippen molar-refractivity contribution in [3.8, 4) is 22.9 Å². The van der Waals surface area contributed by atoms with E-state index in [2.05, 4.69) is 4.98 Å².